The van der Waals surface area contributed by atoms with Crippen molar-refractivity contribution in [2.24, 2.45) is 5.73 Å². The second-order valence-electron chi connectivity index (χ2n) is 7.49. The summed E-state index contributed by atoms with van der Waals surface area (Å²) in [6.45, 7) is 3.70. The summed E-state index contributed by atoms with van der Waals surface area (Å²) in [6, 6.07) is 8.23. The minimum Gasteiger partial charge on any atom is -0.368 e. The second kappa shape index (κ2) is 7.13. The molecule has 5 heterocycles. The van der Waals surface area contributed by atoms with E-state index in [2.05, 4.69) is 48.9 Å². The Labute approximate surface area is 172 Å². The number of amides is 1. The highest BCUT2D eigenvalue weighted by molar-refractivity contribution is 7.15. The zero-order valence-electron chi connectivity index (χ0n) is 16.1. The Morgan fingerprint density at radius 1 is 1.31 bits per heavy atom. The summed E-state index contributed by atoms with van der Waals surface area (Å²) in [5.74, 6) is -0.219. The Hall–Kier alpha value is -2.97. The van der Waals surface area contributed by atoms with Crippen LogP contribution < -0.4 is 5.73 Å². The van der Waals surface area contributed by atoms with Gasteiger partial charge >= 0.3 is 0 Å². The largest absolute Gasteiger partial charge is 0.368 e. The van der Waals surface area contributed by atoms with E-state index in [9.17, 15) is 4.79 Å². The average Bonchev–Trinajstić information content (AvgIpc) is 3.47. The number of thiophene rings is 1. The van der Waals surface area contributed by atoms with Crippen LogP contribution in [0.1, 0.15) is 23.4 Å². The van der Waals surface area contributed by atoms with Crippen molar-refractivity contribution in [1.29, 1.82) is 0 Å². The molecule has 5 rings (SSSR count). The Balaban J connectivity index is 1.46. The summed E-state index contributed by atoms with van der Waals surface area (Å²) in [5, 5.41) is 7.13. The van der Waals surface area contributed by atoms with Crippen LogP contribution >= 0.6 is 11.3 Å². The molecule has 4 aromatic rings. The van der Waals surface area contributed by atoms with E-state index in [0.717, 1.165) is 59.0 Å². The SMILES string of the molecule is Cc1[nH]ncc1-c1ccc2ncc(-c3ccc(CN4CCCC4C(N)=O)s3)n2c1. The molecule has 0 aliphatic carbocycles. The van der Waals surface area contributed by atoms with Gasteiger partial charge < -0.3 is 5.73 Å². The van der Waals surface area contributed by atoms with Crippen LogP contribution in [0, 0.1) is 6.92 Å². The standard InChI is InChI=1S/C21H22N6OS/c1-13-16(9-24-25-13)14-4-7-20-23-10-18(27(20)11-14)19-6-5-15(29-19)12-26-8-2-3-17(26)21(22)28/h4-7,9-11,17H,2-3,8,12H2,1H3,(H2,22,28)(H,24,25). The van der Waals surface area contributed by atoms with Gasteiger partial charge in [0, 0.05) is 34.4 Å². The monoisotopic (exact) mass is 406 g/mol. The van der Waals surface area contributed by atoms with E-state index >= 15 is 0 Å². The number of hydrogen-bond donors (Lipinski definition) is 2. The van der Waals surface area contributed by atoms with Crippen LogP contribution in [0.3, 0.4) is 0 Å². The number of nitrogens with one attached hydrogen (secondary N) is 1. The topological polar surface area (TPSA) is 92.3 Å². The van der Waals surface area contributed by atoms with Crippen molar-refractivity contribution in [3.8, 4) is 21.7 Å². The fraction of sp³-hybridized carbons (Fsp3) is 0.286. The lowest BCUT2D eigenvalue weighted by molar-refractivity contribution is -0.122. The van der Waals surface area contributed by atoms with Gasteiger partial charge in [0.15, 0.2) is 0 Å². The minimum atomic E-state index is -0.219. The Bertz CT molecular complexity index is 1190. The summed E-state index contributed by atoms with van der Waals surface area (Å²) in [5.41, 5.74) is 10.8. The van der Waals surface area contributed by atoms with Crippen LogP contribution in [0.5, 0.6) is 0 Å². The van der Waals surface area contributed by atoms with Gasteiger partial charge in [-0.1, -0.05) is 0 Å². The van der Waals surface area contributed by atoms with Crippen LogP contribution in [0.25, 0.3) is 27.3 Å². The number of carbonyl (C=O) groups is 1. The molecule has 1 aliphatic heterocycles. The molecule has 8 heteroatoms. The van der Waals surface area contributed by atoms with Crippen LogP contribution in [0.15, 0.2) is 42.9 Å². The lowest BCUT2D eigenvalue weighted by Crippen LogP contribution is -2.39. The summed E-state index contributed by atoms with van der Waals surface area (Å²) < 4.78 is 2.12. The van der Waals surface area contributed by atoms with Gasteiger partial charge in [-0.2, -0.15) is 5.10 Å². The Morgan fingerprint density at radius 3 is 3.00 bits per heavy atom. The third kappa shape index (κ3) is 3.24. The summed E-state index contributed by atoms with van der Waals surface area (Å²) in [4.78, 5) is 20.8. The molecule has 0 spiro atoms. The van der Waals surface area contributed by atoms with E-state index < -0.39 is 0 Å². The van der Waals surface area contributed by atoms with Crippen molar-refractivity contribution in [2.45, 2.75) is 32.4 Å². The van der Waals surface area contributed by atoms with Gasteiger partial charge in [-0.3, -0.25) is 19.2 Å². The number of aromatic amines is 1. The first-order valence-corrected chi connectivity index (χ1v) is 10.5. The number of likely N-dealkylation sites (tertiary alicyclic amines) is 1. The lowest BCUT2D eigenvalue weighted by atomic mass is 10.1. The predicted octanol–water partition coefficient (Wildman–Crippen LogP) is 3.21. The summed E-state index contributed by atoms with van der Waals surface area (Å²) in [6.07, 6.45) is 7.76. The van der Waals surface area contributed by atoms with Crippen molar-refractivity contribution >= 4 is 22.9 Å². The molecule has 1 amide bonds. The van der Waals surface area contributed by atoms with E-state index in [1.54, 1.807) is 11.3 Å². The van der Waals surface area contributed by atoms with E-state index in [1.807, 2.05) is 25.4 Å². The lowest BCUT2D eigenvalue weighted by Gasteiger charge is -2.20. The Kier molecular flexibility index (Phi) is 4.44. The number of aryl methyl sites for hydroxylation is 1. The zero-order chi connectivity index (χ0) is 20.0. The summed E-state index contributed by atoms with van der Waals surface area (Å²) in [7, 11) is 0. The minimum absolute atomic E-state index is 0.142. The van der Waals surface area contributed by atoms with Crippen molar-refractivity contribution in [1.82, 2.24) is 24.5 Å². The number of carbonyl (C=O) groups excluding carboxylic acids is 1. The summed E-state index contributed by atoms with van der Waals surface area (Å²) >= 11 is 1.74. The van der Waals surface area contributed by atoms with Gasteiger partial charge in [0.1, 0.15) is 5.65 Å². The third-order valence-corrected chi connectivity index (χ3v) is 6.70. The molecule has 0 aromatic carbocycles. The number of nitrogens with zero attached hydrogens (tertiary/aromatic N) is 4. The molecular formula is C21H22N6OS. The van der Waals surface area contributed by atoms with Gasteiger partial charge in [-0.05, 0) is 50.6 Å². The molecule has 148 valence electrons. The van der Waals surface area contributed by atoms with Crippen LogP contribution in [0.2, 0.25) is 0 Å². The van der Waals surface area contributed by atoms with Crippen LogP contribution in [-0.2, 0) is 11.3 Å². The number of pyridine rings is 1. The third-order valence-electron chi connectivity index (χ3n) is 5.61. The Morgan fingerprint density at radius 2 is 2.21 bits per heavy atom. The zero-order valence-corrected chi connectivity index (χ0v) is 16.9. The van der Waals surface area contributed by atoms with E-state index in [1.165, 1.54) is 4.88 Å². The highest BCUT2D eigenvalue weighted by Gasteiger charge is 2.29. The van der Waals surface area contributed by atoms with Crippen molar-refractivity contribution in [2.75, 3.05) is 6.54 Å². The van der Waals surface area contributed by atoms with E-state index in [4.69, 9.17) is 5.73 Å². The molecule has 7 nitrogen and oxygen atoms in total. The maximum Gasteiger partial charge on any atom is 0.234 e. The fourth-order valence-electron chi connectivity index (χ4n) is 4.10. The van der Waals surface area contributed by atoms with Crippen LogP contribution in [0.4, 0.5) is 0 Å². The first-order valence-electron chi connectivity index (χ1n) is 9.70. The quantitative estimate of drug-likeness (QED) is 0.532. The molecule has 3 N–H and O–H groups in total. The number of nitrogens with two attached hydrogens (primary N) is 1. The van der Waals surface area contributed by atoms with Gasteiger partial charge in [0.25, 0.3) is 0 Å². The highest BCUT2D eigenvalue weighted by Crippen LogP contribution is 2.32. The second-order valence-corrected chi connectivity index (χ2v) is 8.66. The molecule has 1 saturated heterocycles. The molecule has 0 radical (unpaired) electrons. The van der Waals surface area contributed by atoms with Crippen molar-refractivity contribution < 1.29 is 4.79 Å². The van der Waals surface area contributed by atoms with Gasteiger partial charge in [0.05, 0.1) is 29.0 Å². The molecule has 0 bridgehead atoms. The van der Waals surface area contributed by atoms with Crippen molar-refractivity contribution in [3.05, 3.63) is 53.4 Å². The van der Waals surface area contributed by atoms with Crippen molar-refractivity contribution in [3.63, 3.8) is 0 Å². The molecular weight excluding hydrogens is 384 g/mol. The molecule has 4 aromatic heterocycles. The molecule has 29 heavy (non-hydrogen) atoms. The smallest absolute Gasteiger partial charge is 0.234 e. The normalized spacial score (nSPS) is 17.3. The van der Waals surface area contributed by atoms with E-state index in [0.29, 0.717) is 0 Å². The number of primary amides is 1. The molecule has 1 aliphatic rings. The average molecular weight is 407 g/mol. The first kappa shape index (κ1) is 18.1. The highest BCUT2D eigenvalue weighted by atomic mass is 32.1. The van der Waals surface area contributed by atoms with Crippen LogP contribution in [-0.4, -0.2) is 43.0 Å². The molecule has 0 saturated carbocycles. The number of H-pyrrole nitrogens is 1. The molecule has 1 atom stereocenters. The first-order chi connectivity index (χ1) is 14.1. The number of rotatable bonds is 5. The van der Waals surface area contributed by atoms with Gasteiger partial charge in [0.2, 0.25) is 5.91 Å². The molecule has 1 fully saturated rings. The van der Waals surface area contributed by atoms with E-state index in [-0.39, 0.29) is 11.9 Å². The van der Waals surface area contributed by atoms with Gasteiger partial charge in [-0.25, -0.2) is 4.98 Å². The number of hydrogen-bond acceptors (Lipinski definition) is 5. The number of imidazole rings is 1. The predicted molar refractivity (Wildman–Crippen MR) is 113 cm³/mol. The molecule has 1 unspecified atom stereocenters. The maximum atomic E-state index is 11.7. The number of fused-ring (bicyclic) bond motifs is 1. The van der Waals surface area contributed by atoms with Gasteiger partial charge in [-0.15, -0.1) is 11.3 Å². The maximum absolute atomic E-state index is 11.7. The number of aromatic nitrogens is 4. The fourth-order valence-corrected chi connectivity index (χ4v) is 5.14.